The Morgan fingerprint density at radius 1 is 1.04 bits per heavy atom. The first-order valence-corrected chi connectivity index (χ1v) is 8.87. The van der Waals surface area contributed by atoms with Gasteiger partial charge in [-0.3, -0.25) is 0 Å². The normalized spacial score (nSPS) is 14.8. The molecule has 0 spiro atoms. The van der Waals surface area contributed by atoms with Gasteiger partial charge in [-0.05, 0) is 42.8 Å². The van der Waals surface area contributed by atoms with E-state index in [9.17, 15) is 13.2 Å². The monoisotopic (exact) mass is 394 g/mol. The third kappa shape index (κ3) is 3.85. The van der Waals surface area contributed by atoms with E-state index in [1.165, 1.54) is 23.4 Å². The van der Waals surface area contributed by atoms with Crippen LogP contribution in [0.15, 0.2) is 48.5 Å². The van der Waals surface area contributed by atoms with Crippen molar-refractivity contribution in [3.05, 3.63) is 70.9 Å². The molecule has 1 aromatic heterocycles. The number of nitrogens with zero attached hydrogens (tertiary/aromatic N) is 2. The van der Waals surface area contributed by atoms with Gasteiger partial charge in [-0.1, -0.05) is 30.3 Å². The van der Waals surface area contributed by atoms with Gasteiger partial charge in [0.15, 0.2) is 0 Å². The Morgan fingerprint density at radius 3 is 2.48 bits per heavy atom. The predicted molar refractivity (Wildman–Crippen MR) is 104 cm³/mol. The van der Waals surface area contributed by atoms with Crippen LogP contribution in [0.1, 0.15) is 22.4 Å². The SMILES string of the molecule is CN1CCc2c(c3cc(C(F)(F)F)ccc3n2CCc2ccccc2)C1.Cl. The van der Waals surface area contributed by atoms with Gasteiger partial charge in [0, 0.05) is 42.7 Å². The molecule has 0 amide bonds. The average Bonchev–Trinajstić information content (AvgIpc) is 2.92. The smallest absolute Gasteiger partial charge is 0.344 e. The molecule has 0 fully saturated rings. The minimum atomic E-state index is -4.31. The number of rotatable bonds is 3. The summed E-state index contributed by atoms with van der Waals surface area (Å²) in [4.78, 5) is 2.17. The highest BCUT2D eigenvalue weighted by Crippen LogP contribution is 2.36. The Balaban J connectivity index is 0.00000210. The number of likely N-dealkylation sites (N-methyl/N-ethyl adjacent to an activating group) is 1. The van der Waals surface area contributed by atoms with Crippen molar-refractivity contribution in [3.8, 4) is 0 Å². The maximum absolute atomic E-state index is 13.2. The zero-order valence-electron chi connectivity index (χ0n) is 15.1. The van der Waals surface area contributed by atoms with Gasteiger partial charge in [-0.15, -0.1) is 12.4 Å². The van der Waals surface area contributed by atoms with Crippen LogP contribution in [-0.4, -0.2) is 23.1 Å². The fourth-order valence-electron chi connectivity index (χ4n) is 3.90. The Morgan fingerprint density at radius 2 is 1.78 bits per heavy atom. The molecule has 0 aliphatic carbocycles. The van der Waals surface area contributed by atoms with Gasteiger partial charge in [-0.2, -0.15) is 13.2 Å². The van der Waals surface area contributed by atoms with Crippen molar-refractivity contribution in [3.63, 3.8) is 0 Å². The van der Waals surface area contributed by atoms with Crippen LogP contribution in [0.2, 0.25) is 0 Å². The Labute approximate surface area is 163 Å². The quantitative estimate of drug-likeness (QED) is 0.584. The van der Waals surface area contributed by atoms with Crippen LogP contribution in [0.3, 0.4) is 0 Å². The molecule has 0 unspecified atom stereocenters. The van der Waals surface area contributed by atoms with E-state index in [-0.39, 0.29) is 12.4 Å². The minimum Gasteiger partial charge on any atom is -0.344 e. The van der Waals surface area contributed by atoms with E-state index in [4.69, 9.17) is 0 Å². The number of hydrogen-bond donors (Lipinski definition) is 0. The first-order valence-electron chi connectivity index (χ1n) is 8.87. The molecule has 1 aliphatic rings. The topological polar surface area (TPSA) is 8.17 Å². The molecule has 1 aliphatic heterocycles. The van der Waals surface area contributed by atoms with E-state index in [0.29, 0.717) is 6.54 Å². The second kappa shape index (κ2) is 7.56. The fourth-order valence-corrected chi connectivity index (χ4v) is 3.90. The molecule has 2 heterocycles. The molecule has 0 N–H and O–H groups in total. The predicted octanol–water partition coefficient (Wildman–Crippen LogP) is 5.31. The van der Waals surface area contributed by atoms with E-state index < -0.39 is 11.7 Å². The van der Waals surface area contributed by atoms with Crippen molar-refractivity contribution in [2.45, 2.75) is 32.1 Å². The van der Waals surface area contributed by atoms with Crippen molar-refractivity contribution in [1.29, 1.82) is 0 Å². The van der Waals surface area contributed by atoms with Crippen molar-refractivity contribution < 1.29 is 13.2 Å². The van der Waals surface area contributed by atoms with Gasteiger partial charge in [-0.25, -0.2) is 0 Å². The summed E-state index contributed by atoms with van der Waals surface area (Å²) in [5.41, 5.74) is 3.82. The van der Waals surface area contributed by atoms with Crippen LogP contribution in [0.4, 0.5) is 13.2 Å². The maximum Gasteiger partial charge on any atom is 0.416 e. The van der Waals surface area contributed by atoms with Crippen LogP contribution in [0.25, 0.3) is 10.9 Å². The summed E-state index contributed by atoms with van der Waals surface area (Å²) in [6.45, 7) is 2.41. The highest BCUT2D eigenvalue weighted by atomic mass is 35.5. The second-order valence-corrected chi connectivity index (χ2v) is 7.03. The van der Waals surface area contributed by atoms with Crippen LogP contribution in [0, 0.1) is 0 Å². The average molecular weight is 395 g/mol. The number of aryl methyl sites for hydroxylation is 2. The lowest BCUT2D eigenvalue weighted by Gasteiger charge is -2.24. The second-order valence-electron chi connectivity index (χ2n) is 7.03. The highest BCUT2D eigenvalue weighted by Gasteiger charge is 2.32. The molecule has 2 aromatic carbocycles. The van der Waals surface area contributed by atoms with Crippen LogP contribution >= 0.6 is 12.4 Å². The van der Waals surface area contributed by atoms with Crippen LogP contribution in [0.5, 0.6) is 0 Å². The standard InChI is InChI=1S/C21H21F3N2.ClH/c1-25-11-10-20-18(14-25)17-13-16(21(22,23)24)7-8-19(17)26(20)12-9-15-5-3-2-4-6-15;/h2-8,13H,9-12,14H2,1H3;1H. The van der Waals surface area contributed by atoms with Crippen molar-refractivity contribution in [2.75, 3.05) is 13.6 Å². The number of aromatic nitrogens is 1. The molecule has 4 rings (SSSR count). The lowest BCUT2D eigenvalue weighted by molar-refractivity contribution is -0.137. The Bertz CT molecular complexity index is 932. The molecule has 27 heavy (non-hydrogen) atoms. The Kier molecular flexibility index (Phi) is 5.54. The van der Waals surface area contributed by atoms with Gasteiger partial charge in [0.2, 0.25) is 0 Å². The number of hydrogen-bond acceptors (Lipinski definition) is 1. The number of benzene rings is 2. The number of halogens is 4. The largest absolute Gasteiger partial charge is 0.416 e. The van der Waals surface area contributed by atoms with Gasteiger partial charge in [0.25, 0.3) is 0 Å². The summed E-state index contributed by atoms with van der Waals surface area (Å²) in [5, 5.41) is 0.745. The Hall–Kier alpha value is -1.98. The van der Waals surface area contributed by atoms with E-state index in [1.54, 1.807) is 6.07 Å². The summed E-state index contributed by atoms with van der Waals surface area (Å²) in [6.07, 6.45) is -2.57. The van der Waals surface area contributed by atoms with E-state index in [2.05, 4.69) is 21.6 Å². The molecule has 3 aromatic rings. The zero-order chi connectivity index (χ0) is 18.3. The summed E-state index contributed by atoms with van der Waals surface area (Å²) in [6, 6.07) is 14.4. The molecule has 6 heteroatoms. The minimum absolute atomic E-state index is 0. The molecule has 144 valence electrons. The molecular formula is C21H22ClF3N2. The molecule has 0 saturated heterocycles. The van der Waals surface area contributed by atoms with Crippen molar-refractivity contribution in [1.82, 2.24) is 9.47 Å². The van der Waals surface area contributed by atoms with Gasteiger partial charge < -0.3 is 9.47 Å². The summed E-state index contributed by atoms with van der Waals surface area (Å²) >= 11 is 0. The highest BCUT2D eigenvalue weighted by molar-refractivity contribution is 5.86. The summed E-state index contributed by atoms with van der Waals surface area (Å²) < 4.78 is 41.8. The third-order valence-corrected chi connectivity index (χ3v) is 5.24. The van der Waals surface area contributed by atoms with Gasteiger partial charge in [0.1, 0.15) is 0 Å². The summed E-state index contributed by atoms with van der Waals surface area (Å²) in [7, 11) is 2.02. The molecule has 0 saturated carbocycles. The van der Waals surface area contributed by atoms with E-state index >= 15 is 0 Å². The fraction of sp³-hybridized carbons (Fsp3) is 0.333. The molecule has 0 bridgehead atoms. The van der Waals surface area contributed by atoms with Crippen LogP contribution in [-0.2, 0) is 32.1 Å². The number of alkyl halides is 3. The lowest BCUT2D eigenvalue weighted by atomic mass is 10.0. The summed E-state index contributed by atoms with van der Waals surface area (Å²) in [5.74, 6) is 0. The third-order valence-electron chi connectivity index (χ3n) is 5.24. The molecule has 0 radical (unpaired) electrons. The van der Waals surface area contributed by atoms with E-state index in [0.717, 1.165) is 42.4 Å². The van der Waals surface area contributed by atoms with Crippen molar-refractivity contribution >= 4 is 23.3 Å². The van der Waals surface area contributed by atoms with Crippen LogP contribution < -0.4 is 0 Å². The number of fused-ring (bicyclic) bond motifs is 3. The van der Waals surface area contributed by atoms with Gasteiger partial charge in [0.05, 0.1) is 5.56 Å². The van der Waals surface area contributed by atoms with Crippen molar-refractivity contribution in [2.24, 2.45) is 0 Å². The van der Waals surface area contributed by atoms with Gasteiger partial charge >= 0.3 is 6.18 Å². The zero-order valence-corrected chi connectivity index (χ0v) is 15.9. The molecular weight excluding hydrogens is 373 g/mol. The van der Waals surface area contributed by atoms with E-state index in [1.807, 2.05) is 25.2 Å². The first-order chi connectivity index (χ1) is 12.4. The maximum atomic E-state index is 13.2. The lowest BCUT2D eigenvalue weighted by Crippen LogP contribution is -2.27. The molecule has 0 atom stereocenters. The first kappa shape index (κ1) is 19.8. The molecule has 2 nitrogen and oxygen atoms in total.